The number of rotatable bonds is 0. The van der Waals surface area contributed by atoms with Crippen molar-refractivity contribution >= 4 is 33.1 Å². The zero-order valence-corrected chi connectivity index (χ0v) is 27.8. The van der Waals surface area contributed by atoms with Crippen LogP contribution in [0.1, 0.15) is 86.3 Å². The highest BCUT2D eigenvalue weighted by Crippen LogP contribution is 2.13. The molecule has 6 aromatic rings. The SMILES string of the molecule is CC.CC.CC.CC.CC.Cc1ncnc2[nH]ccc12.Cc1ncnc2[nH]ccc12.Cc1ncnc2c1ccn2C. The molecule has 0 unspecified atom stereocenters. The highest BCUT2D eigenvalue weighted by Gasteiger charge is 2.01. The molecule has 226 valence electrons. The molecular formula is C32H53N9. The molecule has 41 heavy (non-hydrogen) atoms. The van der Waals surface area contributed by atoms with Gasteiger partial charge in [0.15, 0.2) is 0 Å². The Bertz CT molecular complexity index is 1370. The zero-order valence-electron chi connectivity index (χ0n) is 27.8. The maximum Gasteiger partial charge on any atom is 0.143 e. The number of nitrogens with zero attached hydrogens (tertiary/aromatic N) is 7. The van der Waals surface area contributed by atoms with E-state index in [9.17, 15) is 0 Å². The van der Waals surface area contributed by atoms with Gasteiger partial charge in [-0.15, -0.1) is 0 Å². The first-order chi connectivity index (χ1) is 20.0. The lowest BCUT2D eigenvalue weighted by Gasteiger charge is -1.94. The molecule has 0 aliphatic heterocycles. The Morgan fingerprint density at radius 3 is 1.22 bits per heavy atom. The summed E-state index contributed by atoms with van der Waals surface area (Å²) < 4.78 is 1.99. The first kappa shape index (κ1) is 39.0. The number of fused-ring (bicyclic) bond motifs is 3. The summed E-state index contributed by atoms with van der Waals surface area (Å²) in [5.41, 5.74) is 5.89. The molecule has 0 spiro atoms. The van der Waals surface area contributed by atoms with E-state index in [-0.39, 0.29) is 0 Å². The van der Waals surface area contributed by atoms with Gasteiger partial charge in [0.2, 0.25) is 0 Å². The molecular weight excluding hydrogens is 510 g/mol. The molecule has 0 saturated heterocycles. The highest BCUT2D eigenvalue weighted by atomic mass is 15.0. The lowest BCUT2D eigenvalue weighted by Crippen LogP contribution is -1.90. The first-order valence-corrected chi connectivity index (χ1v) is 14.8. The van der Waals surface area contributed by atoms with Crippen LogP contribution in [0.15, 0.2) is 55.8 Å². The molecule has 0 aromatic carbocycles. The van der Waals surface area contributed by atoms with Gasteiger partial charge in [0.1, 0.15) is 35.9 Å². The molecule has 0 amide bonds. The van der Waals surface area contributed by atoms with Crippen LogP contribution in [0.5, 0.6) is 0 Å². The molecule has 9 heteroatoms. The summed E-state index contributed by atoms with van der Waals surface area (Å²) in [5, 5.41) is 3.33. The average molecular weight is 564 g/mol. The van der Waals surface area contributed by atoms with Crippen LogP contribution in [0.25, 0.3) is 33.1 Å². The van der Waals surface area contributed by atoms with Gasteiger partial charge >= 0.3 is 0 Å². The first-order valence-electron chi connectivity index (χ1n) is 14.8. The van der Waals surface area contributed by atoms with E-state index >= 15 is 0 Å². The van der Waals surface area contributed by atoms with Crippen molar-refractivity contribution in [1.29, 1.82) is 0 Å². The van der Waals surface area contributed by atoms with Crippen molar-refractivity contribution in [2.75, 3.05) is 0 Å². The van der Waals surface area contributed by atoms with Crippen molar-refractivity contribution in [2.45, 2.75) is 90.0 Å². The van der Waals surface area contributed by atoms with Crippen molar-refractivity contribution in [1.82, 2.24) is 44.4 Å². The van der Waals surface area contributed by atoms with E-state index < -0.39 is 0 Å². The summed E-state index contributed by atoms with van der Waals surface area (Å²) in [6.07, 6.45) is 10.4. The van der Waals surface area contributed by atoms with Crippen LogP contribution in [-0.2, 0) is 7.05 Å². The van der Waals surface area contributed by atoms with Crippen LogP contribution < -0.4 is 0 Å². The Morgan fingerprint density at radius 2 is 0.854 bits per heavy atom. The van der Waals surface area contributed by atoms with Crippen molar-refractivity contribution in [3.05, 3.63) is 72.9 Å². The van der Waals surface area contributed by atoms with Crippen LogP contribution in [0.2, 0.25) is 0 Å². The maximum absolute atomic E-state index is 4.15. The molecule has 0 fully saturated rings. The van der Waals surface area contributed by atoms with Crippen LogP contribution >= 0.6 is 0 Å². The third-order valence-electron chi connectivity index (χ3n) is 4.97. The van der Waals surface area contributed by atoms with E-state index in [1.165, 1.54) is 0 Å². The Balaban J connectivity index is 0. The lowest BCUT2D eigenvalue weighted by molar-refractivity contribution is 0.941. The molecule has 6 heterocycles. The number of aromatic nitrogens is 9. The largest absolute Gasteiger partial charge is 0.346 e. The number of H-pyrrole nitrogens is 2. The smallest absolute Gasteiger partial charge is 0.143 e. The second kappa shape index (κ2) is 23.7. The number of aromatic amines is 2. The second-order valence-electron chi connectivity index (χ2n) is 7.02. The van der Waals surface area contributed by atoms with E-state index in [2.05, 4.69) is 39.9 Å². The zero-order chi connectivity index (χ0) is 31.8. The van der Waals surface area contributed by atoms with Gasteiger partial charge in [-0.1, -0.05) is 69.2 Å². The monoisotopic (exact) mass is 563 g/mol. The fraction of sp³-hybridized carbons (Fsp3) is 0.438. The van der Waals surface area contributed by atoms with Gasteiger partial charge in [0.25, 0.3) is 0 Å². The number of hydrogen-bond donors (Lipinski definition) is 2. The summed E-state index contributed by atoms with van der Waals surface area (Å²) in [7, 11) is 1.98. The van der Waals surface area contributed by atoms with Crippen LogP contribution in [0.3, 0.4) is 0 Å². The molecule has 0 radical (unpaired) electrons. The third kappa shape index (κ3) is 11.9. The predicted molar refractivity (Wildman–Crippen MR) is 177 cm³/mol. The fourth-order valence-corrected chi connectivity index (χ4v) is 3.21. The van der Waals surface area contributed by atoms with E-state index in [4.69, 9.17) is 0 Å². The minimum Gasteiger partial charge on any atom is -0.346 e. The topological polar surface area (TPSA) is 114 Å². The molecule has 6 rings (SSSR count). The molecule has 0 aliphatic carbocycles. The van der Waals surface area contributed by atoms with Crippen LogP contribution in [0, 0.1) is 20.8 Å². The molecule has 0 saturated carbocycles. The highest BCUT2D eigenvalue weighted by molar-refractivity contribution is 5.78. The molecule has 9 nitrogen and oxygen atoms in total. The van der Waals surface area contributed by atoms with Gasteiger partial charge in [0.05, 0.1) is 17.1 Å². The molecule has 6 aromatic heterocycles. The third-order valence-corrected chi connectivity index (χ3v) is 4.97. The second-order valence-corrected chi connectivity index (χ2v) is 7.02. The predicted octanol–water partition coefficient (Wildman–Crippen LogP) is 8.94. The van der Waals surface area contributed by atoms with Crippen molar-refractivity contribution in [3.8, 4) is 0 Å². The lowest BCUT2D eigenvalue weighted by atomic mass is 10.3. The van der Waals surface area contributed by atoms with Crippen molar-refractivity contribution in [2.24, 2.45) is 7.05 Å². The maximum atomic E-state index is 4.15. The van der Waals surface area contributed by atoms with Gasteiger partial charge in [-0.2, -0.15) is 0 Å². The molecule has 2 N–H and O–H groups in total. The average Bonchev–Trinajstić information content (AvgIpc) is 3.81. The quantitative estimate of drug-likeness (QED) is 0.191. The van der Waals surface area contributed by atoms with Gasteiger partial charge in [-0.3, -0.25) is 0 Å². The number of hydrogen-bond acceptors (Lipinski definition) is 6. The normalized spacial score (nSPS) is 8.73. The minimum atomic E-state index is 0.910. The Labute approximate surface area is 247 Å². The molecule has 0 bridgehead atoms. The number of aryl methyl sites for hydroxylation is 4. The summed E-state index contributed by atoms with van der Waals surface area (Å²) in [5.74, 6) is 0. The van der Waals surface area contributed by atoms with E-state index in [0.717, 1.165) is 50.2 Å². The Hall–Kier alpha value is -4.14. The van der Waals surface area contributed by atoms with Crippen molar-refractivity contribution < 1.29 is 0 Å². The standard InChI is InChI=1S/C8H9N3.2C7H7N3.5C2H6/c1-6-7-3-4-11(2)8(7)10-5-9-6;2*1-5-6-2-3-8-7(6)10-4-9-5;5*1-2/h3-5H,1-2H3;2*2-4H,1H3,(H,8,9,10);5*1-2H3. The Morgan fingerprint density at radius 1 is 0.488 bits per heavy atom. The summed E-state index contributed by atoms with van der Waals surface area (Å²) in [6.45, 7) is 25.9. The van der Waals surface area contributed by atoms with E-state index in [1.807, 2.05) is 138 Å². The summed E-state index contributed by atoms with van der Waals surface area (Å²) >= 11 is 0. The van der Waals surface area contributed by atoms with Gasteiger partial charge in [-0.25, -0.2) is 29.9 Å². The fourth-order valence-electron chi connectivity index (χ4n) is 3.21. The molecule has 0 atom stereocenters. The van der Waals surface area contributed by atoms with Crippen LogP contribution in [0.4, 0.5) is 0 Å². The van der Waals surface area contributed by atoms with Gasteiger partial charge < -0.3 is 14.5 Å². The van der Waals surface area contributed by atoms with E-state index in [1.54, 1.807) is 19.0 Å². The number of nitrogens with one attached hydrogen (secondary N) is 2. The van der Waals surface area contributed by atoms with Gasteiger partial charge in [-0.05, 0) is 39.0 Å². The van der Waals surface area contributed by atoms with E-state index in [0.29, 0.717) is 0 Å². The minimum absolute atomic E-state index is 0.910. The van der Waals surface area contributed by atoms with Gasteiger partial charge in [0, 0.05) is 41.8 Å². The van der Waals surface area contributed by atoms with Crippen molar-refractivity contribution in [3.63, 3.8) is 0 Å². The molecule has 0 aliphatic rings. The summed E-state index contributed by atoms with van der Waals surface area (Å²) in [4.78, 5) is 30.4. The Kier molecular flexibility index (Phi) is 22.6. The summed E-state index contributed by atoms with van der Waals surface area (Å²) in [6, 6.07) is 5.99. The van der Waals surface area contributed by atoms with Crippen LogP contribution in [-0.4, -0.2) is 44.4 Å².